The molecule has 0 aromatic carbocycles. The van der Waals surface area contributed by atoms with E-state index in [-0.39, 0.29) is 0 Å². The number of likely N-dealkylation sites (tertiary alicyclic amines) is 2. The molecule has 3 heteroatoms. The number of hydrogen-bond acceptors (Lipinski definition) is 3. The second-order valence-corrected chi connectivity index (χ2v) is 8.00. The van der Waals surface area contributed by atoms with E-state index in [0.29, 0.717) is 0 Å². The molecule has 0 amide bonds. The molecule has 0 N–H and O–H groups in total. The summed E-state index contributed by atoms with van der Waals surface area (Å²) in [6.07, 6.45) is 4.27. The predicted octanol–water partition coefficient (Wildman–Crippen LogP) is 2.07. The van der Waals surface area contributed by atoms with E-state index in [4.69, 9.17) is 4.74 Å². The van der Waals surface area contributed by atoms with E-state index in [0.717, 1.165) is 49.0 Å². The Hall–Kier alpha value is -0.120. The molecule has 0 aromatic rings. The van der Waals surface area contributed by atoms with E-state index < -0.39 is 0 Å². The molecule has 3 aliphatic heterocycles. The Morgan fingerprint density at radius 3 is 1.75 bits per heavy atom. The van der Waals surface area contributed by atoms with Crippen molar-refractivity contribution in [3.05, 3.63) is 0 Å². The van der Waals surface area contributed by atoms with Crippen LogP contribution in [0, 0.1) is 23.7 Å². The van der Waals surface area contributed by atoms with Crippen LogP contribution < -0.4 is 0 Å². The zero-order chi connectivity index (χ0) is 13.7. The van der Waals surface area contributed by atoms with E-state index in [1.54, 1.807) is 0 Å². The Morgan fingerprint density at radius 1 is 0.800 bits per heavy atom. The van der Waals surface area contributed by atoms with Crippen molar-refractivity contribution in [3.8, 4) is 0 Å². The van der Waals surface area contributed by atoms with Crippen LogP contribution in [-0.4, -0.2) is 61.3 Å². The first-order chi connectivity index (χ1) is 9.70. The van der Waals surface area contributed by atoms with E-state index in [1.165, 1.54) is 45.4 Å². The Balaban J connectivity index is 1.21. The lowest BCUT2D eigenvalue weighted by molar-refractivity contribution is 0.134. The van der Waals surface area contributed by atoms with Gasteiger partial charge in [0.2, 0.25) is 0 Å². The summed E-state index contributed by atoms with van der Waals surface area (Å²) >= 11 is 0. The molecule has 0 bridgehead atoms. The third-order valence-corrected chi connectivity index (χ3v) is 6.52. The maximum atomic E-state index is 5.59. The Kier molecular flexibility index (Phi) is 3.56. The lowest BCUT2D eigenvalue weighted by atomic mass is 10.0. The molecule has 0 aromatic heterocycles. The lowest BCUT2D eigenvalue weighted by Gasteiger charge is -2.30. The minimum atomic E-state index is 0.764. The third kappa shape index (κ3) is 2.53. The Morgan fingerprint density at radius 2 is 1.25 bits per heavy atom. The second kappa shape index (κ2) is 5.26. The van der Waals surface area contributed by atoms with Gasteiger partial charge in [-0.3, -0.25) is 4.90 Å². The van der Waals surface area contributed by atoms with Crippen molar-refractivity contribution in [2.75, 3.05) is 39.4 Å². The highest BCUT2D eigenvalue weighted by atomic mass is 16.5. The van der Waals surface area contributed by atoms with Gasteiger partial charge in [-0.1, -0.05) is 0 Å². The van der Waals surface area contributed by atoms with Crippen LogP contribution in [0.1, 0.15) is 33.1 Å². The summed E-state index contributed by atoms with van der Waals surface area (Å²) in [5.41, 5.74) is 0. The fraction of sp³-hybridized carbons (Fsp3) is 1.00. The first kappa shape index (κ1) is 13.5. The van der Waals surface area contributed by atoms with Gasteiger partial charge in [0.1, 0.15) is 0 Å². The Bertz CT molecular complexity index is 339. The molecule has 0 radical (unpaired) electrons. The van der Waals surface area contributed by atoms with Gasteiger partial charge < -0.3 is 9.64 Å². The minimum absolute atomic E-state index is 0.764. The monoisotopic (exact) mass is 278 g/mol. The first-order valence-corrected chi connectivity index (χ1v) is 8.76. The molecule has 1 aliphatic carbocycles. The summed E-state index contributed by atoms with van der Waals surface area (Å²) in [4.78, 5) is 5.48. The third-order valence-electron chi connectivity index (χ3n) is 6.52. The lowest BCUT2D eigenvalue weighted by Crippen LogP contribution is -2.36. The SMILES string of the molecule is CC(CCC(C)N1CC2CC2C1)N1CC2COCC2C1. The largest absolute Gasteiger partial charge is 0.381 e. The van der Waals surface area contributed by atoms with E-state index in [1.807, 2.05) is 0 Å². The fourth-order valence-corrected chi connectivity index (χ4v) is 4.73. The predicted molar refractivity (Wildman–Crippen MR) is 80.7 cm³/mol. The summed E-state index contributed by atoms with van der Waals surface area (Å²) in [5.74, 6) is 3.82. The number of ether oxygens (including phenoxy) is 1. The quantitative estimate of drug-likeness (QED) is 0.766. The van der Waals surface area contributed by atoms with Gasteiger partial charge in [-0.25, -0.2) is 0 Å². The molecule has 20 heavy (non-hydrogen) atoms. The number of hydrogen-bond donors (Lipinski definition) is 0. The van der Waals surface area contributed by atoms with Gasteiger partial charge >= 0.3 is 0 Å². The molecule has 0 spiro atoms. The minimum Gasteiger partial charge on any atom is -0.381 e. The number of nitrogens with zero attached hydrogens (tertiary/aromatic N) is 2. The highest BCUT2D eigenvalue weighted by Gasteiger charge is 2.46. The maximum absolute atomic E-state index is 5.59. The van der Waals surface area contributed by atoms with Gasteiger partial charge in [0.15, 0.2) is 0 Å². The topological polar surface area (TPSA) is 15.7 Å². The van der Waals surface area contributed by atoms with Gasteiger partial charge in [-0.15, -0.1) is 0 Å². The molecule has 4 rings (SSSR count). The van der Waals surface area contributed by atoms with Crippen LogP contribution in [-0.2, 0) is 4.74 Å². The van der Waals surface area contributed by atoms with Crippen molar-refractivity contribution in [3.63, 3.8) is 0 Å². The average Bonchev–Trinajstić information content (AvgIpc) is 2.87. The van der Waals surface area contributed by atoms with Gasteiger partial charge in [0, 0.05) is 50.1 Å². The maximum Gasteiger partial charge on any atom is 0.0510 e. The first-order valence-electron chi connectivity index (χ1n) is 8.76. The molecule has 3 nitrogen and oxygen atoms in total. The molecule has 114 valence electrons. The van der Waals surface area contributed by atoms with Gasteiger partial charge in [-0.2, -0.15) is 0 Å². The highest BCUT2D eigenvalue weighted by molar-refractivity contribution is 4.98. The molecule has 3 saturated heterocycles. The Labute approximate surface area is 123 Å². The van der Waals surface area contributed by atoms with Crippen LogP contribution in [0.25, 0.3) is 0 Å². The molecule has 6 unspecified atom stereocenters. The van der Waals surface area contributed by atoms with Gasteiger partial charge in [-0.05, 0) is 44.9 Å². The van der Waals surface area contributed by atoms with Crippen molar-refractivity contribution in [1.29, 1.82) is 0 Å². The molecular formula is C17H30N2O. The molecule has 4 fully saturated rings. The zero-order valence-electron chi connectivity index (χ0n) is 13.1. The number of rotatable bonds is 5. The van der Waals surface area contributed by atoms with E-state index in [2.05, 4.69) is 23.6 Å². The van der Waals surface area contributed by atoms with Crippen LogP contribution in [0.15, 0.2) is 0 Å². The van der Waals surface area contributed by atoms with Gasteiger partial charge in [0.25, 0.3) is 0 Å². The van der Waals surface area contributed by atoms with Crippen molar-refractivity contribution >= 4 is 0 Å². The summed E-state index contributed by atoms with van der Waals surface area (Å²) in [7, 11) is 0. The summed E-state index contributed by atoms with van der Waals surface area (Å²) < 4.78 is 5.59. The smallest absolute Gasteiger partial charge is 0.0510 e. The second-order valence-electron chi connectivity index (χ2n) is 8.00. The highest BCUT2D eigenvalue weighted by Crippen LogP contribution is 2.45. The zero-order valence-corrected chi connectivity index (χ0v) is 13.1. The van der Waals surface area contributed by atoms with Crippen LogP contribution in [0.3, 0.4) is 0 Å². The van der Waals surface area contributed by atoms with Crippen LogP contribution in [0.2, 0.25) is 0 Å². The van der Waals surface area contributed by atoms with Crippen molar-refractivity contribution < 1.29 is 4.74 Å². The van der Waals surface area contributed by atoms with Crippen LogP contribution in [0.5, 0.6) is 0 Å². The van der Waals surface area contributed by atoms with Crippen LogP contribution >= 0.6 is 0 Å². The molecule has 6 atom stereocenters. The van der Waals surface area contributed by atoms with Crippen molar-refractivity contribution in [1.82, 2.24) is 9.80 Å². The van der Waals surface area contributed by atoms with Crippen molar-refractivity contribution in [2.24, 2.45) is 23.7 Å². The van der Waals surface area contributed by atoms with E-state index >= 15 is 0 Å². The average molecular weight is 278 g/mol. The van der Waals surface area contributed by atoms with E-state index in [9.17, 15) is 0 Å². The standard InChI is InChI=1S/C17H30N2O/c1-12(18-6-14-5-15(14)7-18)3-4-13(2)19-8-16-10-20-11-17(16)9-19/h12-17H,3-11H2,1-2H3. The van der Waals surface area contributed by atoms with Crippen molar-refractivity contribution in [2.45, 2.75) is 45.2 Å². The fourth-order valence-electron chi connectivity index (χ4n) is 4.73. The normalized spacial score (nSPS) is 43.5. The van der Waals surface area contributed by atoms with Gasteiger partial charge in [0.05, 0.1) is 13.2 Å². The summed E-state index contributed by atoms with van der Waals surface area (Å²) in [6.45, 7) is 12.3. The number of piperidine rings is 1. The number of fused-ring (bicyclic) bond motifs is 2. The summed E-state index contributed by atoms with van der Waals surface area (Å²) in [6, 6.07) is 1.57. The molecule has 4 aliphatic rings. The van der Waals surface area contributed by atoms with Crippen LogP contribution in [0.4, 0.5) is 0 Å². The molecule has 1 saturated carbocycles. The molecular weight excluding hydrogens is 248 g/mol. The molecule has 3 heterocycles. The summed E-state index contributed by atoms with van der Waals surface area (Å²) in [5, 5.41) is 0.